The lowest BCUT2D eigenvalue weighted by Gasteiger charge is -2.28. The van der Waals surface area contributed by atoms with Crippen molar-refractivity contribution < 1.29 is 28.5 Å². The SMILES string of the molecule is CCCC(CCN1CCOCC1)OC(=O)Nc1ccc(Oc2ccnc3cc(OC)c(OC)cc23)c(C)c1C. The third-order valence-electron chi connectivity index (χ3n) is 7.16. The molecular formula is C30H39N3O6. The molecule has 1 N–H and O–H groups in total. The molecule has 210 valence electrons. The van der Waals surface area contributed by atoms with Gasteiger partial charge >= 0.3 is 6.09 Å². The highest BCUT2D eigenvalue weighted by atomic mass is 16.6. The molecule has 0 radical (unpaired) electrons. The molecule has 4 rings (SSSR count). The van der Waals surface area contributed by atoms with Gasteiger partial charge in [-0.1, -0.05) is 13.3 Å². The van der Waals surface area contributed by atoms with Crippen LogP contribution < -0.4 is 19.5 Å². The Morgan fingerprint density at radius 1 is 1.00 bits per heavy atom. The number of methoxy groups -OCH3 is 2. The van der Waals surface area contributed by atoms with Crippen molar-refractivity contribution in [1.82, 2.24) is 9.88 Å². The zero-order chi connectivity index (χ0) is 27.8. The fraction of sp³-hybridized carbons (Fsp3) is 0.467. The van der Waals surface area contributed by atoms with E-state index in [1.807, 2.05) is 44.2 Å². The monoisotopic (exact) mass is 537 g/mol. The number of rotatable bonds is 11. The quantitative estimate of drug-likeness (QED) is 0.314. The second-order valence-corrected chi connectivity index (χ2v) is 9.68. The Balaban J connectivity index is 1.44. The van der Waals surface area contributed by atoms with E-state index in [1.54, 1.807) is 20.4 Å². The Morgan fingerprint density at radius 2 is 1.74 bits per heavy atom. The summed E-state index contributed by atoms with van der Waals surface area (Å²) in [5.74, 6) is 2.53. The fourth-order valence-corrected chi connectivity index (χ4v) is 4.72. The first kappa shape index (κ1) is 28.4. The van der Waals surface area contributed by atoms with E-state index in [4.69, 9.17) is 23.7 Å². The van der Waals surface area contributed by atoms with Crippen LogP contribution in [0, 0.1) is 13.8 Å². The molecule has 1 amide bonds. The summed E-state index contributed by atoms with van der Waals surface area (Å²) in [6, 6.07) is 9.19. The van der Waals surface area contributed by atoms with Crippen molar-refractivity contribution in [3.05, 3.63) is 47.7 Å². The summed E-state index contributed by atoms with van der Waals surface area (Å²) in [6.07, 6.45) is 3.73. The van der Waals surface area contributed by atoms with Crippen LogP contribution in [0.1, 0.15) is 37.3 Å². The number of aromatic nitrogens is 1. The first-order valence-corrected chi connectivity index (χ1v) is 13.5. The van der Waals surface area contributed by atoms with Gasteiger partial charge in [-0.3, -0.25) is 15.2 Å². The normalized spacial score (nSPS) is 14.6. The molecule has 9 nitrogen and oxygen atoms in total. The van der Waals surface area contributed by atoms with Crippen molar-refractivity contribution in [2.75, 3.05) is 52.4 Å². The topological polar surface area (TPSA) is 91.4 Å². The van der Waals surface area contributed by atoms with Crippen LogP contribution in [0.5, 0.6) is 23.0 Å². The largest absolute Gasteiger partial charge is 0.493 e. The first-order chi connectivity index (χ1) is 18.9. The standard InChI is InChI=1S/C30H39N3O6/c1-6-7-22(11-13-33-14-16-37-17-15-33)38-30(34)32-24-8-9-26(21(3)20(24)2)39-27-10-12-31-25-19-29(36-5)28(35-4)18-23(25)27/h8-10,12,18-19,22H,6-7,11,13-17H2,1-5H3,(H,32,34). The third-order valence-corrected chi connectivity index (χ3v) is 7.16. The molecule has 3 aromatic rings. The zero-order valence-electron chi connectivity index (χ0n) is 23.5. The number of nitrogens with zero attached hydrogens (tertiary/aromatic N) is 2. The van der Waals surface area contributed by atoms with Crippen LogP contribution in [0.25, 0.3) is 10.9 Å². The number of benzene rings is 2. The lowest BCUT2D eigenvalue weighted by Crippen LogP contribution is -2.38. The summed E-state index contributed by atoms with van der Waals surface area (Å²) in [5, 5.41) is 3.74. The van der Waals surface area contributed by atoms with Gasteiger partial charge < -0.3 is 23.7 Å². The molecule has 1 unspecified atom stereocenters. The van der Waals surface area contributed by atoms with Crippen molar-refractivity contribution in [1.29, 1.82) is 0 Å². The van der Waals surface area contributed by atoms with Crippen LogP contribution in [0.4, 0.5) is 10.5 Å². The fourth-order valence-electron chi connectivity index (χ4n) is 4.72. The molecule has 39 heavy (non-hydrogen) atoms. The van der Waals surface area contributed by atoms with E-state index in [2.05, 4.69) is 22.1 Å². The Morgan fingerprint density at radius 3 is 2.46 bits per heavy atom. The average molecular weight is 538 g/mol. The number of anilines is 1. The van der Waals surface area contributed by atoms with E-state index >= 15 is 0 Å². The second kappa shape index (κ2) is 13.5. The maximum atomic E-state index is 12.8. The number of hydrogen-bond acceptors (Lipinski definition) is 8. The van der Waals surface area contributed by atoms with E-state index in [9.17, 15) is 4.79 Å². The second-order valence-electron chi connectivity index (χ2n) is 9.68. The summed E-state index contributed by atoms with van der Waals surface area (Å²) in [5.41, 5.74) is 3.24. The van der Waals surface area contributed by atoms with Crippen LogP contribution in [-0.2, 0) is 9.47 Å². The number of hydrogen-bond donors (Lipinski definition) is 1. The van der Waals surface area contributed by atoms with Crippen molar-refractivity contribution in [2.45, 2.75) is 46.1 Å². The van der Waals surface area contributed by atoms with Gasteiger partial charge in [-0.25, -0.2) is 4.79 Å². The minimum absolute atomic E-state index is 0.127. The summed E-state index contributed by atoms with van der Waals surface area (Å²) >= 11 is 0. The predicted octanol–water partition coefficient (Wildman–Crippen LogP) is 6.10. The van der Waals surface area contributed by atoms with Crippen LogP contribution >= 0.6 is 0 Å². The number of amides is 1. The molecule has 1 fully saturated rings. The van der Waals surface area contributed by atoms with E-state index in [-0.39, 0.29) is 6.10 Å². The molecule has 0 aliphatic carbocycles. The van der Waals surface area contributed by atoms with Gasteiger partial charge in [0.05, 0.1) is 33.0 Å². The molecular weight excluding hydrogens is 498 g/mol. The summed E-state index contributed by atoms with van der Waals surface area (Å²) in [7, 11) is 3.19. The molecule has 2 aromatic carbocycles. The van der Waals surface area contributed by atoms with Crippen LogP contribution in [0.15, 0.2) is 36.5 Å². The molecule has 1 aliphatic heterocycles. The highest BCUT2D eigenvalue weighted by Gasteiger charge is 2.19. The smallest absolute Gasteiger partial charge is 0.411 e. The predicted molar refractivity (Wildman–Crippen MR) is 152 cm³/mol. The Hall–Kier alpha value is -3.56. The van der Waals surface area contributed by atoms with Crippen molar-refractivity contribution in [3.63, 3.8) is 0 Å². The van der Waals surface area contributed by atoms with Crippen LogP contribution in [0.2, 0.25) is 0 Å². The lowest BCUT2D eigenvalue weighted by molar-refractivity contribution is 0.0273. The lowest BCUT2D eigenvalue weighted by atomic mass is 10.1. The Kier molecular flexibility index (Phi) is 9.84. The van der Waals surface area contributed by atoms with Gasteiger partial charge in [0, 0.05) is 43.0 Å². The molecule has 1 saturated heterocycles. The van der Waals surface area contributed by atoms with Gasteiger partial charge in [0.25, 0.3) is 0 Å². The number of carbonyl (C=O) groups is 1. The van der Waals surface area contributed by atoms with E-state index in [0.717, 1.165) is 74.1 Å². The van der Waals surface area contributed by atoms with E-state index in [1.165, 1.54) is 0 Å². The number of carbonyl (C=O) groups excluding carboxylic acids is 1. The highest BCUT2D eigenvalue weighted by Crippen LogP contribution is 2.38. The molecule has 2 heterocycles. The minimum Gasteiger partial charge on any atom is -0.493 e. The third kappa shape index (κ3) is 7.10. The summed E-state index contributed by atoms with van der Waals surface area (Å²) in [6.45, 7) is 10.3. The maximum absolute atomic E-state index is 12.8. The maximum Gasteiger partial charge on any atom is 0.411 e. The number of morpholine rings is 1. The number of pyridine rings is 1. The number of fused-ring (bicyclic) bond motifs is 1. The van der Waals surface area contributed by atoms with Gasteiger partial charge in [-0.2, -0.15) is 0 Å². The van der Waals surface area contributed by atoms with Gasteiger partial charge in [0.15, 0.2) is 11.5 Å². The molecule has 0 bridgehead atoms. The van der Waals surface area contributed by atoms with Crippen molar-refractivity contribution >= 4 is 22.7 Å². The van der Waals surface area contributed by atoms with E-state index < -0.39 is 6.09 Å². The van der Waals surface area contributed by atoms with Gasteiger partial charge in [-0.05, 0) is 62.1 Å². The summed E-state index contributed by atoms with van der Waals surface area (Å²) < 4.78 is 28.5. The minimum atomic E-state index is -0.437. The Labute approximate surface area is 230 Å². The molecule has 9 heteroatoms. The van der Waals surface area contributed by atoms with E-state index in [0.29, 0.717) is 28.7 Å². The first-order valence-electron chi connectivity index (χ1n) is 13.5. The molecule has 1 aliphatic rings. The van der Waals surface area contributed by atoms with Gasteiger partial charge in [-0.15, -0.1) is 0 Å². The average Bonchev–Trinajstić information content (AvgIpc) is 2.95. The number of nitrogens with one attached hydrogen (secondary N) is 1. The molecule has 0 spiro atoms. The molecule has 0 saturated carbocycles. The van der Waals surface area contributed by atoms with Gasteiger partial charge in [0.1, 0.15) is 17.6 Å². The van der Waals surface area contributed by atoms with Gasteiger partial charge in [0.2, 0.25) is 0 Å². The van der Waals surface area contributed by atoms with Crippen molar-refractivity contribution in [2.24, 2.45) is 0 Å². The molecule has 1 atom stereocenters. The Bertz CT molecular complexity index is 1280. The zero-order valence-corrected chi connectivity index (χ0v) is 23.5. The van der Waals surface area contributed by atoms with Crippen LogP contribution in [-0.4, -0.2) is 69.1 Å². The summed E-state index contributed by atoms with van der Waals surface area (Å²) in [4.78, 5) is 19.6. The highest BCUT2D eigenvalue weighted by molar-refractivity contribution is 5.89. The molecule has 1 aromatic heterocycles. The van der Waals surface area contributed by atoms with Crippen LogP contribution in [0.3, 0.4) is 0 Å². The number of ether oxygens (including phenoxy) is 5. The van der Waals surface area contributed by atoms with Crippen molar-refractivity contribution in [3.8, 4) is 23.0 Å².